The molecule has 3 rings (SSSR count). The zero-order valence-electron chi connectivity index (χ0n) is 15.4. The SMILES string of the molecule is CC(=O)Nc1ccc(S(=O)(=O)Nc2ccc3c(c2)N(C(C)=O)CC3)c(C)c1. The lowest BCUT2D eigenvalue weighted by Crippen LogP contribution is -2.25. The van der Waals surface area contributed by atoms with Gasteiger partial charge in [0, 0.05) is 31.8 Å². The van der Waals surface area contributed by atoms with Gasteiger partial charge in [-0.2, -0.15) is 0 Å². The van der Waals surface area contributed by atoms with E-state index in [2.05, 4.69) is 10.0 Å². The van der Waals surface area contributed by atoms with Crippen LogP contribution in [0.5, 0.6) is 0 Å². The van der Waals surface area contributed by atoms with Crippen LogP contribution in [0.15, 0.2) is 41.3 Å². The molecule has 8 heteroatoms. The van der Waals surface area contributed by atoms with Crippen molar-refractivity contribution in [3.63, 3.8) is 0 Å². The quantitative estimate of drug-likeness (QED) is 0.843. The minimum Gasteiger partial charge on any atom is -0.326 e. The first-order valence-electron chi connectivity index (χ1n) is 8.49. The second-order valence-corrected chi connectivity index (χ2v) is 8.18. The van der Waals surface area contributed by atoms with Crippen LogP contribution < -0.4 is 14.9 Å². The summed E-state index contributed by atoms with van der Waals surface area (Å²) in [5.41, 5.74) is 3.20. The molecule has 1 aliphatic heterocycles. The normalized spacial score (nSPS) is 13.2. The summed E-state index contributed by atoms with van der Waals surface area (Å²) in [4.78, 5) is 24.6. The number of nitrogens with one attached hydrogen (secondary N) is 2. The molecule has 0 saturated heterocycles. The highest BCUT2D eigenvalue weighted by atomic mass is 32.2. The van der Waals surface area contributed by atoms with Gasteiger partial charge >= 0.3 is 0 Å². The summed E-state index contributed by atoms with van der Waals surface area (Å²) in [6.07, 6.45) is 0.756. The number of aryl methyl sites for hydroxylation is 1. The molecule has 2 aromatic carbocycles. The molecule has 2 N–H and O–H groups in total. The largest absolute Gasteiger partial charge is 0.326 e. The van der Waals surface area contributed by atoms with Gasteiger partial charge in [0.1, 0.15) is 0 Å². The number of nitrogens with zero attached hydrogens (tertiary/aromatic N) is 1. The molecule has 0 unspecified atom stereocenters. The van der Waals surface area contributed by atoms with Crippen molar-refractivity contribution in [3.05, 3.63) is 47.5 Å². The average Bonchev–Trinajstić information content (AvgIpc) is 2.97. The number of hydrogen-bond acceptors (Lipinski definition) is 4. The summed E-state index contributed by atoms with van der Waals surface area (Å²) in [6.45, 7) is 5.15. The van der Waals surface area contributed by atoms with E-state index in [1.54, 1.807) is 36.1 Å². The Morgan fingerprint density at radius 2 is 1.74 bits per heavy atom. The monoisotopic (exact) mass is 387 g/mol. The molecule has 0 radical (unpaired) electrons. The number of sulfonamides is 1. The van der Waals surface area contributed by atoms with E-state index in [9.17, 15) is 18.0 Å². The van der Waals surface area contributed by atoms with Crippen LogP contribution in [0.3, 0.4) is 0 Å². The predicted molar refractivity (Wildman–Crippen MR) is 104 cm³/mol. The molecule has 2 amide bonds. The van der Waals surface area contributed by atoms with Crippen molar-refractivity contribution in [2.75, 3.05) is 21.5 Å². The van der Waals surface area contributed by atoms with Crippen LogP contribution in [0, 0.1) is 6.92 Å². The standard InChI is InChI=1S/C19H21N3O4S/c1-12-10-16(20-13(2)23)6-7-19(12)27(25,26)21-17-5-4-15-8-9-22(14(3)24)18(15)11-17/h4-7,10-11,21H,8-9H2,1-3H3,(H,20,23). The number of hydrogen-bond donors (Lipinski definition) is 2. The first-order chi connectivity index (χ1) is 12.7. The fourth-order valence-corrected chi connectivity index (χ4v) is 4.49. The Hall–Kier alpha value is -2.87. The molecule has 0 saturated carbocycles. The number of benzene rings is 2. The van der Waals surface area contributed by atoms with E-state index in [1.807, 2.05) is 6.07 Å². The van der Waals surface area contributed by atoms with Crippen LogP contribution >= 0.6 is 0 Å². The lowest BCUT2D eigenvalue weighted by Gasteiger charge is -2.16. The van der Waals surface area contributed by atoms with Crippen molar-refractivity contribution >= 4 is 38.9 Å². The van der Waals surface area contributed by atoms with Gasteiger partial charge < -0.3 is 10.2 Å². The molecule has 0 bridgehead atoms. The Morgan fingerprint density at radius 1 is 1.04 bits per heavy atom. The van der Waals surface area contributed by atoms with E-state index in [1.165, 1.54) is 19.9 Å². The van der Waals surface area contributed by atoms with Crippen molar-refractivity contribution in [1.29, 1.82) is 0 Å². The zero-order chi connectivity index (χ0) is 19.8. The van der Waals surface area contributed by atoms with Crippen molar-refractivity contribution in [2.24, 2.45) is 0 Å². The molecule has 27 heavy (non-hydrogen) atoms. The van der Waals surface area contributed by atoms with Gasteiger partial charge in [0.2, 0.25) is 11.8 Å². The third kappa shape index (κ3) is 3.95. The first-order valence-corrected chi connectivity index (χ1v) is 9.98. The molecular formula is C19H21N3O4S. The van der Waals surface area contributed by atoms with E-state index in [-0.39, 0.29) is 16.7 Å². The van der Waals surface area contributed by atoms with Crippen LogP contribution in [0.2, 0.25) is 0 Å². The van der Waals surface area contributed by atoms with E-state index >= 15 is 0 Å². The van der Waals surface area contributed by atoms with Gasteiger partial charge in [0.25, 0.3) is 10.0 Å². The Kier molecular flexibility index (Phi) is 4.93. The third-order valence-corrected chi connectivity index (χ3v) is 5.94. The first kappa shape index (κ1) is 18.9. The minimum absolute atomic E-state index is 0.0711. The molecule has 0 fully saturated rings. The van der Waals surface area contributed by atoms with Gasteiger partial charge in [0.15, 0.2) is 0 Å². The summed E-state index contributed by atoms with van der Waals surface area (Å²) in [5.74, 6) is -0.297. The average molecular weight is 387 g/mol. The molecular weight excluding hydrogens is 366 g/mol. The van der Waals surface area contributed by atoms with E-state index in [0.717, 1.165) is 17.7 Å². The maximum Gasteiger partial charge on any atom is 0.262 e. The molecule has 0 atom stereocenters. The Balaban J connectivity index is 1.88. The highest BCUT2D eigenvalue weighted by Gasteiger charge is 2.24. The summed E-state index contributed by atoms with van der Waals surface area (Å²) in [7, 11) is -3.81. The highest BCUT2D eigenvalue weighted by molar-refractivity contribution is 7.92. The maximum absolute atomic E-state index is 12.8. The number of anilines is 3. The Labute approximate surface area is 158 Å². The summed E-state index contributed by atoms with van der Waals surface area (Å²) >= 11 is 0. The lowest BCUT2D eigenvalue weighted by atomic mass is 10.1. The van der Waals surface area contributed by atoms with Crippen molar-refractivity contribution in [3.8, 4) is 0 Å². The van der Waals surface area contributed by atoms with Crippen LogP contribution in [0.1, 0.15) is 25.0 Å². The number of fused-ring (bicyclic) bond motifs is 1. The lowest BCUT2D eigenvalue weighted by molar-refractivity contribution is -0.116. The second-order valence-electron chi connectivity index (χ2n) is 6.53. The van der Waals surface area contributed by atoms with Gasteiger partial charge in [-0.1, -0.05) is 6.07 Å². The highest BCUT2D eigenvalue weighted by Crippen LogP contribution is 2.32. The molecule has 142 valence electrons. The summed E-state index contributed by atoms with van der Waals surface area (Å²) in [6, 6.07) is 9.82. The number of rotatable bonds is 4. The smallest absolute Gasteiger partial charge is 0.262 e. The third-order valence-electron chi connectivity index (χ3n) is 4.40. The molecule has 0 aliphatic carbocycles. The fraction of sp³-hybridized carbons (Fsp3) is 0.263. The molecule has 0 aromatic heterocycles. The van der Waals surface area contributed by atoms with Gasteiger partial charge in [0.05, 0.1) is 10.6 Å². The number of carbonyl (C=O) groups excluding carboxylic acids is 2. The maximum atomic E-state index is 12.8. The van der Waals surface area contributed by atoms with Crippen molar-refractivity contribution in [2.45, 2.75) is 32.1 Å². The van der Waals surface area contributed by atoms with Crippen LogP contribution in [0.4, 0.5) is 17.1 Å². The molecule has 1 aliphatic rings. The van der Waals surface area contributed by atoms with Crippen LogP contribution in [0.25, 0.3) is 0 Å². The predicted octanol–water partition coefficient (Wildman–Crippen LogP) is 2.66. The van der Waals surface area contributed by atoms with E-state index in [4.69, 9.17) is 0 Å². The Bertz CT molecular complexity index is 1030. The molecule has 1 heterocycles. The van der Waals surface area contributed by atoms with Gasteiger partial charge in [-0.05, 0) is 54.8 Å². The Morgan fingerprint density at radius 3 is 2.37 bits per heavy atom. The molecule has 2 aromatic rings. The van der Waals surface area contributed by atoms with E-state index < -0.39 is 10.0 Å². The van der Waals surface area contributed by atoms with E-state index in [0.29, 0.717) is 23.5 Å². The number of carbonyl (C=O) groups is 2. The molecule has 0 spiro atoms. The minimum atomic E-state index is -3.81. The fourth-order valence-electron chi connectivity index (χ4n) is 3.21. The van der Waals surface area contributed by atoms with Gasteiger partial charge in [-0.3, -0.25) is 14.3 Å². The van der Waals surface area contributed by atoms with Crippen molar-refractivity contribution < 1.29 is 18.0 Å². The summed E-state index contributed by atoms with van der Waals surface area (Å²) < 4.78 is 28.2. The van der Waals surface area contributed by atoms with Gasteiger partial charge in [-0.15, -0.1) is 0 Å². The van der Waals surface area contributed by atoms with Gasteiger partial charge in [-0.25, -0.2) is 8.42 Å². The second kappa shape index (κ2) is 7.03. The number of amides is 2. The molecule has 7 nitrogen and oxygen atoms in total. The summed E-state index contributed by atoms with van der Waals surface area (Å²) in [5, 5.41) is 2.63. The van der Waals surface area contributed by atoms with Crippen LogP contribution in [-0.4, -0.2) is 26.8 Å². The van der Waals surface area contributed by atoms with Crippen LogP contribution in [-0.2, 0) is 26.0 Å². The van der Waals surface area contributed by atoms with Crippen molar-refractivity contribution in [1.82, 2.24) is 0 Å². The zero-order valence-corrected chi connectivity index (χ0v) is 16.2. The topological polar surface area (TPSA) is 95.6 Å².